The Kier molecular flexibility index (Phi) is 5.02. The van der Waals surface area contributed by atoms with Crippen LogP contribution in [0.25, 0.3) is 6.08 Å². The monoisotopic (exact) mass is 364 g/mol. The minimum atomic E-state index is -4.80. The quantitative estimate of drug-likeness (QED) is 0.610. The molecule has 0 bridgehead atoms. The molecule has 0 amide bonds. The van der Waals surface area contributed by atoms with E-state index >= 15 is 0 Å². The number of halogens is 1. The molecule has 0 saturated carbocycles. The Bertz CT molecular complexity index is 653. The molecule has 10 heteroatoms. The van der Waals surface area contributed by atoms with E-state index < -0.39 is 16.0 Å². The van der Waals surface area contributed by atoms with Gasteiger partial charge in [0.05, 0.1) is 44.2 Å². The fourth-order valence-corrected chi connectivity index (χ4v) is 2.96. The van der Waals surface area contributed by atoms with Crippen molar-refractivity contribution in [3.8, 4) is 17.2 Å². The highest BCUT2D eigenvalue weighted by molar-refractivity contribution is 5.70. The highest BCUT2D eigenvalue weighted by atomic mass is 35.7. The SMILES string of the molecule is COC1=Cc2cc(OC)c(OC)c(OC)c2C(C)(O[Cl+3]([O-])([O-])[O-])O1. The molecule has 9 nitrogen and oxygen atoms in total. The van der Waals surface area contributed by atoms with Gasteiger partial charge in [-0.1, -0.05) is 0 Å². The Labute approximate surface area is 140 Å². The fourth-order valence-electron chi connectivity index (χ4n) is 2.49. The van der Waals surface area contributed by atoms with E-state index in [2.05, 4.69) is 4.29 Å². The molecular formula is C14H17ClO9. The van der Waals surface area contributed by atoms with Gasteiger partial charge < -0.3 is 23.7 Å². The number of hydrogen-bond acceptors (Lipinski definition) is 9. The summed E-state index contributed by atoms with van der Waals surface area (Å²) in [7, 11) is 0.672. The maximum atomic E-state index is 11.1. The lowest BCUT2D eigenvalue weighted by atomic mass is 9.96. The molecule has 0 saturated heterocycles. The van der Waals surface area contributed by atoms with Crippen molar-refractivity contribution in [2.24, 2.45) is 0 Å². The summed E-state index contributed by atoms with van der Waals surface area (Å²) in [5, 5.41) is 0. The lowest BCUT2D eigenvalue weighted by Gasteiger charge is -2.32. The van der Waals surface area contributed by atoms with E-state index in [0.717, 1.165) is 0 Å². The third kappa shape index (κ3) is 3.30. The van der Waals surface area contributed by atoms with Crippen LogP contribution in [0.4, 0.5) is 0 Å². The first-order valence-corrected chi connectivity index (χ1v) is 7.82. The second-order valence-corrected chi connectivity index (χ2v) is 5.69. The summed E-state index contributed by atoms with van der Waals surface area (Å²) in [5.41, 5.74) is 0.546. The Balaban J connectivity index is 2.78. The van der Waals surface area contributed by atoms with Crippen LogP contribution in [0.1, 0.15) is 18.1 Å². The van der Waals surface area contributed by atoms with Gasteiger partial charge in [0.15, 0.2) is 11.5 Å². The van der Waals surface area contributed by atoms with Gasteiger partial charge >= 0.3 is 5.79 Å². The second kappa shape index (κ2) is 6.54. The molecule has 1 aliphatic heterocycles. The first-order chi connectivity index (χ1) is 11.2. The van der Waals surface area contributed by atoms with Crippen LogP contribution in [0.3, 0.4) is 0 Å². The zero-order chi connectivity index (χ0) is 18.1. The van der Waals surface area contributed by atoms with E-state index in [1.807, 2.05) is 0 Å². The number of rotatable bonds is 6. The van der Waals surface area contributed by atoms with E-state index in [1.165, 1.54) is 41.4 Å². The van der Waals surface area contributed by atoms with Crippen molar-refractivity contribution >= 4 is 6.08 Å². The zero-order valence-electron chi connectivity index (χ0n) is 13.7. The molecule has 1 aliphatic rings. The lowest BCUT2D eigenvalue weighted by molar-refractivity contribution is -1.92. The number of methoxy groups -OCH3 is 4. The molecule has 0 radical (unpaired) electrons. The highest BCUT2D eigenvalue weighted by Gasteiger charge is 2.53. The smallest absolute Gasteiger partial charge is 0.391 e. The predicted octanol–water partition coefficient (Wildman–Crippen LogP) is -1.23. The molecule has 1 aromatic carbocycles. The average Bonchev–Trinajstić information content (AvgIpc) is 2.50. The summed E-state index contributed by atoms with van der Waals surface area (Å²) in [6, 6.07) is 1.55. The Morgan fingerprint density at radius 2 is 1.58 bits per heavy atom. The van der Waals surface area contributed by atoms with Crippen LogP contribution in [0.15, 0.2) is 12.0 Å². The summed E-state index contributed by atoms with van der Waals surface area (Å²) in [6.45, 7) is 1.24. The molecule has 1 unspecified atom stereocenters. The van der Waals surface area contributed by atoms with E-state index in [4.69, 9.17) is 23.7 Å². The molecule has 0 aromatic heterocycles. The van der Waals surface area contributed by atoms with Gasteiger partial charge in [0, 0.05) is 13.0 Å². The highest BCUT2D eigenvalue weighted by Crippen LogP contribution is 2.51. The number of hydrogen-bond donors (Lipinski definition) is 0. The van der Waals surface area contributed by atoms with Gasteiger partial charge in [-0.25, -0.2) is 0 Å². The molecule has 0 fully saturated rings. The molecule has 2 rings (SSSR count). The number of ether oxygens (including phenoxy) is 5. The van der Waals surface area contributed by atoms with Gasteiger partial charge in [-0.3, -0.25) is 0 Å². The molecular weight excluding hydrogens is 348 g/mol. The third-order valence-electron chi connectivity index (χ3n) is 3.33. The van der Waals surface area contributed by atoms with Gasteiger partial charge in [0.2, 0.25) is 5.75 Å². The van der Waals surface area contributed by atoms with Gasteiger partial charge in [-0.2, -0.15) is 14.0 Å². The van der Waals surface area contributed by atoms with E-state index in [0.29, 0.717) is 11.3 Å². The van der Waals surface area contributed by atoms with Gasteiger partial charge in [-0.05, 0) is 11.6 Å². The molecule has 134 valence electrons. The molecule has 1 heterocycles. The van der Waals surface area contributed by atoms with Crippen LogP contribution in [-0.4, -0.2) is 28.4 Å². The second-order valence-electron chi connectivity index (χ2n) is 4.78. The first kappa shape index (κ1) is 18.4. The maximum absolute atomic E-state index is 11.1. The molecule has 0 aliphatic carbocycles. The van der Waals surface area contributed by atoms with Crippen molar-refractivity contribution < 1.29 is 52.2 Å². The first-order valence-electron chi connectivity index (χ1n) is 6.58. The standard InChI is InChI=1S/C14H17ClO9/c1-14(24-15(16,17)18)11-8(7-10(20-3)23-14)6-9(19-2)12(21-4)13(11)22-5/h6-7H,1-5H3. The Morgan fingerprint density at radius 1 is 0.958 bits per heavy atom. The van der Waals surface area contributed by atoms with Crippen LogP contribution < -0.4 is 28.2 Å². The zero-order valence-corrected chi connectivity index (χ0v) is 14.5. The van der Waals surface area contributed by atoms with Crippen LogP contribution >= 0.6 is 0 Å². The summed E-state index contributed by atoms with van der Waals surface area (Å²) < 4.78 is 64.3. The van der Waals surface area contributed by atoms with Gasteiger partial charge in [0.1, 0.15) is 4.29 Å². The average molecular weight is 365 g/mol. The molecule has 24 heavy (non-hydrogen) atoms. The Hall–Kier alpha value is -1.91. The Morgan fingerprint density at radius 3 is 2.04 bits per heavy atom. The summed E-state index contributed by atoms with van der Waals surface area (Å²) in [5.74, 6) is -1.47. The van der Waals surface area contributed by atoms with Crippen LogP contribution in [-0.2, 0) is 19.6 Å². The summed E-state index contributed by atoms with van der Waals surface area (Å²) >= 11 is 0. The number of fused-ring (bicyclic) bond motifs is 1. The van der Waals surface area contributed by atoms with Crippen molar-refractivity contribution in [2.45, 2.75) is 12.7 Å². The van der Waals surface area contributed by atoms with E-state index in [1.54, 1.807) is 6.07 Å². The van der Waals surface area contributed by atoms with E-state index in [-0.39, 0.29) is 23.0 Å². The van der Waals surface area contributed by atoms with Crippen molar-refractivity contribution in [3.05, 3.63) is 23.1 Å². The molecule has 0 N–H and O–H groups in total. The van der Waals surface area contributed by atoms with Crippen molar-refractivity contribution in [3.63, 3.8) is 0 Å². The minimum Gasteiger partial charge on any atom is -0.493 e. The lowest BCUT2D eigenvalue weighted by Crippen LogP contribution is -2.64. The molecule has 0 spiro atoms. The topological polar surface area (TPSA) is 125 Å². The van der Waals surface area contributed by atoms with Crippen LogP contribution in [0, 0.1) is 10.2 Å². The minimum absolute atomic E-state index is 0.0573. The van der Waals surface area contributed by atoms with Crippen molar-refractivity contribution in [1.82, 2.24) is 0 Å². The van der Waals surface area contributed by atoms with Gasteiger partial charge in [-0.15, -0.1) is 0 Å². The summed E-state index contributed by atoms with van der Waals surface area (Å²) in [4.78, 5) is 0. The summed E-state index contributed by atoms with van der Waals surface area (Å²) in [6.07, 6.45) is 1.47. The third-order valence-corrected chi connectivity index (χ3v) is 3.81. The molecule has 1 atom stereocenters. The normalized spacial score (nSPS) is 19.8. The largest absolute Gasteiger partial charge is 0.493 e. The maximum Gasteiger partial charge on any atom is 0.391 e. The van der Waals surface area contributed by atoms with E-state index in [9.17, 15) is 14.0 Å². The van der Waals surface area contributed by atoms with Crippen molar-refractivity contribution in [1.29, 1.82) is 0 Å². The fraction of sp³-hybridized carbons (Fsp3) is 0.429. The van der Waals surface area contributed by atoms with Crippen molar-refractivity contribution in [2.75, 3.05) is 28.4 Å². The predicted molar refractivity (Wildman–Crippen MR) is 70.6 cm³/mol. The number of benzene rings is 1. The van der Waals surface area contributed by atoms with Gasteiger partial charge in [0.25, 0.3) is 5.95 Å². The van der Waals surface area contributed by atoms with Crippen LogP contribution in [0.5, 0.6) is 17.2 Å². The molecule has 1 aromatic rings. The van der Waals surface area contributed by atoms with Crippen LogP contribution in [0.2, 0.25) is 0 Å².